The van der Waals surface area contributed by atoms with Gasteiger partial charge in [0.25, 0.3) is 0 Å². The quantitative estimate of drug-likeness (QED) is 0.502. The third-order valence-electron chi connectivity index (χ3n) is 2.62. The van der Waals surface area contributed by atoms with Gasteiger partial charge in [-0.05, 0) is 0 Å². The van der Waals surface area contributed by atoms with Crippen LogP contribution in [0.2, 0.25) is 6.85 Å². The molecule has 15 heavy (non-hydrogen) atoms. The average Bonchev–Trinajstić information content (AvgIpc) is 2.28. The topological polar surface area (TPSA) is 52.6 Å². The Kier molecular flexibility index (Phi) is 8.01. The van der Waals surface area contributed by atoms with Crippen LogP contribution in [0.3, 0.4) is 0 Å². The second-order valence-corrected chi connectivity index (χ2v) is 13.0. The predicted molar refractivity (Wildman–Crippen MR) is 52.1 cm³/mol. The van der Waals surface area contributed by atoms with Gasteiger partial charge in [-0.15, -0.1) is 0 Å². The van der Waals surface area contributed by atoms with E-state index in [9.17, 15) is 9.59 Å². The van der Waals surface area contributed by atoms with Gasteiger partial charge in [0, 0.05) is 0 Å². The molecule has 0 spiro atoms. The van der Waals surface area contributed by atoms with E-state index >= 15 is 0 Å². The fourth-order valence-corrected chi connectivity index (χ4v) is 9.59. The Morgan fingerprint density at radius 1 is 1.00 bits per heavy atom. The van der Waals surface area contributed by atoms with Crippen molar-refractivity contribution in [3.8, 4) is 0 Å². The first kappa shape index (κ1) is 14.9. The number of carbonyl (C=O) groups is 2. The van der Waals surface area contributed by atoms with Gasteiger partial charge in [0.15, 0.2) is 0 Å². The van der Waals surface area contributed by atoms with Crippen molar-refractivity contribution < 1.29 is 43.6 Å². The number of hydrogen-bond acceptors (Lipinski definition) is 4. The molecule has 4 nitrogen and oxygen atoms in total. The summed E-state index contributed by atoms with van der Waals surface area (Å²) in [6.45, 7) is 3.93. The van der Waals surface area contributed by atoms with Crippen LogP contribution in [0.25, 0.3) is 0 Å². The Morgan fingerprint density at radius 2 is 1.33 bits per heavy atom. The normalized spacial score (nSPS) is 13.6. The van der Waals surface area contributed by atoms with Crippen molar-refractivity contribution >= 4 is 11.9 Å². The van der Waals surface area contributed by atoms with Crippen molar-refractivity contribution in [2.75, 3.05) is 14.2 Å². The first-order valence-electron chi connectivity index (χ1n) is 5.26. The summed E-state index contributed by atoms with van der Waals surface area (Å²) >= 11 is -1.63. The van der Waals surface area contributed by atoms with E-state index < -0.39 is 24.6 Å². The second-order valence-electron chi connectivity index (χ2n) is 3.49. The zero-order valence-electron chi connectivity index (χ0n) is 9.91. The van der Waals surface area contributed by atoms with E-state index in [1.165, 1.54) is 14.2 Å². The van der Waals surface area contributed by atoms with Gasteiger partial charge in [-0.1, -0.05) is 0 Å². The maximum atomic E-state index is 11.4. The van der Waals surface area contributed by atoms with E-state index in [0.29, 0.717) is 0 Å². The molecule has 0 aromatic carbocycles. The van der Waals surface area contributed by atoms with Gasteiger partial charge >= 0.3 is 103 Å². The molecule has 0 saturated heterocycles. The summed E-state index contributed by atoms with van der Waals surface area (Å²) in [5.41, 5.74) is 0. The Bertz CT molecular complexity index is 195. The number of hydrogen-bond donors (Lipinski definition) is 0. The zero-order chi connectivity index (χ0) is 11.8. The molecule has 0 aromatic heterocycles. The van der Waals surface area contributed by atoms with E-state index in [1.807, 2.05) is 13.8 Å². The summed E-state index contributed by atoms with van der Waals surface area (Å²) in [4.78, 5) is 22.8. The molecule has 0 bridgehead atoms. The van der Waals surface area contributed by atoms with Crippen LogP contribution < -0.4 is 0 Å². The predicted octanol–water partition coefficient (Wildman–Crippen LogP) is 1.81. The SMILES string of the molecule is CC[CH]([Hg][CH](CC)C(=O)OC)C(=O)OC. The molecule has 2 atom stereocenters. The number of carbonyl (C=O) groups excluding carboxylic acids is 2. The van der Waals surface area contributed by atoms with Crippen LogP contribution in [0.1, 0.15) is 26.7 Å². The minimum atomic E-state index is -1.63. The van der Waals surface area contributed by atoms with Crippen molar-refractivity contribution in [3.63, 3.8) is 0 Å². The summed E-state index contributed by atoms with van der Waals surface area (Å²) < 4.78 is 9.48. The molecule has 2 unspecified atom stereocenters. The number of esters is 2. The number of ether oxygens (including phenoxy) is 2. The fourth-order valence-electron chi connectivity index (χ4n) is 1.54. The Labute approximate surface area is 103 Å². The molecule has 5 heteroatoms. The molecular weight excluding hydrogens is 385 g/mol. The van der Waals surface area contributed by atoms with Crippen LogP contribution in [0.5, 0.6) is 0 Å². The summed E-state index contributed by atoms with van der Waals surface area (Å²) in [6.07, 6.45) is 1.56. The Balaban J connectivity index is 4.36. The van der Waals surface area contributed by atoms with Gasteiger partial charge in [-0.2, -0.15) is 0 Å². The van der Waals surface area contributed by atoms with Crippen molar-refractivity contribution in [1.29, 1.82) is 0 Å². The fraction of sp³-hybridized carbons (Fsp3) is 0.800. The van der Waals surface area contributed by atoms with E-state index in [-0.39, 0.29) is 18.8 Å². The van der Waals surface area contributed by atoms with Gasteiger partial charge in [0.05, 0.1) is 0 Å². The minimum absolute atomic E-state index is 0.0130. The van der Waals surface area contributed by atoms with Gasteiger partial charge in [0.2, 0.25) is 0 Å². The van der Waals surface area contributed by atoms with Crippen LogP contribution in [0.4, 0.5) is 0 Å². The summed E-state index contributed by atoms with van der Waals surface area (Å²) in [6, 6.07) is 0. The Morgan fingerprint density at radius 3 is 1.53 bits per heavy atom. The van der Waals surface area contributed by atoms with Crippen molar-refractivity contribution in [2.45, 2.75) is 33.5 Å². The molecule has 0 fully saturated rings. The molecule has 0 aliphatic heterocycles. The van der Waals surface area contributed by atoms with E-state index in [1.54, 1.807) is 0 Å². The van der Waals surface area contributed by atoms with Gasteiger partial charge in [-0.3, -0.25) is 0 Å². The van der Waals surface area contributed by atoms with Crippen LogP contribution in [0.15, 0.2) is 0 Å². The molecule has 0 saturated carbocycles. The summed E-state index contributed by atoms with van der Waals surface area (Å²) in [5, 5.41) is 0. The number of rotatable bonds is 6. The number of methoxy groups -OCH3 is 2. The van der Waals surface area contributed by atoms with Crippen molar-refractivity contribution in [2.24, 2.45) is 0 Å². The van der Waals surface area contributed by atoms with Crippen LogP contribution in [0, 0.1) is 0 Å². The molecule has 0 aliphatic carbocycles. The molecule has 0 radical (unpaired) electrons. The zero-order valence-corrected chi connectivity index (χ0v) is 15.4. The van der Waals surface area contributed by atoms with Gasteiger partial charge in [-0.25, -0.2) is 0 Å². The second kappa shape index (κ2) is 8.08. The van der Waals surface area contributed by atoms with Crippen molar-refractivity contribution in [3.05, 3.63) is 0 Å². The van der Waals surface area contributed by atoms with Crippen LogP contribution >= 0.6 is 0 Å². The summed E-state index contributed by atoms with van der Waals surface area (Å²) in [5.74, 6) is -0.303. The van der Waals surface area contributed by atoms with Gasteiger partial charge < -0.3 is 0 Å². The molecular formula is C10H18HgO4. The van der Waals surface area contributed by atoms with Crippen LogP contribution in [-0.2, 0) is 43.6 Å². The monoisotopic (exact) mass is 404 g/mol. The maximum absolute atomic E-state index is 11.4. The first-order chi connectivity index (χ1) is 7.10. The average molecular weight is 403 g/mol. The molecule has 0 aliphatic rings. The van der Waals surface area contributed by atoms with E-state index in [4.69, 9.17) is 9.47 Å². The molecule has 0 amide bonds. The van der Waals surface area contributed by atoms with E-state index in [2.05, 4.69) is 0 Å². The van der Waals surface area contributed by atoms with Crippen LogP contribution in [-0.4, -0.2) is 26.2 Å². The summed E-state index contributed by atoms with van der Waals surface area (Å²) in [7, 11) is 2.80. The molecule has 0 aromatic rings. The molecule has 0 N–H and O–H groups in total. The third-order valence-corrected chi connectivity index (χ3v) is 14.1. The molecule has 0 heterocycles. The third kappa shape index (κ3) is 4.95. The Hall–Kier alpha value is -0.125. The van der Waals surface area contributed by atoms with Crippen molar-refractivity contribution in [1.82, 2.24) is 0 Å². The standard InChI is InChI=1S/2C5H9O2.Hg/c2*1-3-4-5(6)7-2;/h2*4H,3H2,1-2H3;. The molecule has 0 rings (SSSR count). The van der Waals surface area contributed by atoms with E-state index in [0.717, 1.165) is 12.8 Å². The van der Waals surface area contributed by atoms with Gasteiger partial charge in [0.1, 0.15) is 0 Å². The first-order valence-corrected chi connectivity index (χ1v) is 11.6. The molecule has 84 valence electrons.